The van der Waals surface area contributed by atoms with E-state index in [9.17, 15) is 4.79 Å². The van der Waals surface area contributed by atoms with Gasteiger partial charge in [-0.15, -0.1) is 0 Å². The topological polar surface area (TPSA) is 75.6 Å². The minimum absolute atomic E-state index is 0.239. The number of amides is 1. The van der Waals surface area contributed by atoms with E-state index in [1.165, 1.54) is 12.8 Å². The van der Waals surface area contributed by atoms with Crippen molar-refractivity contribution < 1.29 is 9.21 Å². The van der Waals surface area contributed by atoms with Crippen molar-refractivity contribution in [3.8, 4) is 11.5 Å². The molecule has 6 nitrogen and oxygen atoms in total. The quantitative estimate of drug-likeness (QED) is 0.815. The fourth-order valence-electron chi connectivity index (χ4n) is 4.83. The number of hydrogen-bond acceptors (Lipinski definition) is 5. The highest BCUT2D eigenvalue weighted by Crippen LogP contribution is 2.35. The molecule has 29 heavy (non-hydrogen) atoms. The van der Waals surface area contributed by atoms with E-state index in [4.69, 9.17) is 10.2 Å². The number of rotatable bonds is 6. The molecule has 1 aliphatic carbocycles. The lowest BCUT2D eigenvalue weighted by Crippen LogP contribution is -2.44. The van der Waals surface area contributed by atoms with Crippen molar-refractivity contribution in [1.29, 1.82) is 0 Å². The Labute approximate surface area is 172 Å². The van der Waals surface area contributed by atoms with Gasteiger partial charge in [0.2, 0.25) is 11.8 Å². The summed E-state index contributed by atoms with van der Waals surface area (Å²) in [5, 5.41) is 0. The second kappa shape index (κ2) is 7.92. The molecular weight excluding hydrogens is 364 g/mol. The number of carbonyl (C=O) groups is 1. The minimum atomic E-state index is 0.239. The van der Waals surface area contributed by atoms with E-state index >= 15 is 0 Å². The summed E-state index contributed by atoms with van der Waals surface area (Å²) in [5.41, 5.74) is 7.89. The standard InChI is InChI=1S/C23H30N4O2/c24-13-19-9-8-18(27(19)14-16-6-7-16)12-22(28)26-11-10-21-20(15-26)25-23(29-21)17-4-2-1-3-5-17/h1-5,16,18-19H,6-15,24H2/t18-,19+/m0/s1. The molecule has 1 saturated heterocycles. The Balaban J connectivity index is 1.24. The molecule has 2 atom stereocenters. The molecule has 1 saturated carbocycles. The van der Waals surface area contributed by atoms with E-state index in [-0.39, 0.29) is 5.91 Å². The number of hydrogen-bond donors (Lipinski definition) is 1. The maximum Gasteiger partial charge on any atom is 0.226 e. The Hall–Kier alpha value is -2.18. The monoisotopic (exact) mass is 394 g/mol. The molecule has 0 radical (unpaired) electrons. The average Bonchev–Trinajstić information content (AvgIpc) is 3.34. The number of nitrogens with two attached hydrogens (primary N) is 1. The summed E-state index contributed by atoms with van der Waals surface area (Å²) >= 11 is 0. The molecule has 6 heteroatoms. The van der Waals surface area contributed by atoms with Gasteiger partial charge in [-0.1, -0.05) is 18.2 Å². The van der Waals surface area contributed by atoms with Crippen molar-refractivity contribution in [3.63, 3.8) is 0 Å². The third-order valence-corrected chi connectivity index (χ3v) is 6.72. The second-order valence-corrected chi connectivity index (χ2v) is 8.79. The summed E-state index contributed by atoms with van der Waals surface area (Å²) in [4.78, 5) is 22.3. The molecule has 3 aliphatic rings. The largest absolute Gasteiger partial charge is 0.441 e. The number of nitrogens with zero attached hydrogens (tertiary/aromatic N) is 3. The van der Waals surface area contributed by atoms with Gasteiger partial charge in [0.1, 0.15) is 11.5 Å². The molecule has 2 aromatic rings. The lowest BCUT2D eigenvalue weighted by molar-refractivity contribution is -0.133. The minimum Gasteiger partial charge on any atom is -0.441 e. The summed E-state index contributed by atoms with van der Waals surface area (Å²) in [6.07, 6.45) is 6.21. The van der Waals surface area contributed by atoms with Crippen LogP contribution in [-0.2, 0) is 17.8 Å². The molecule has 1 aromatic carbocycles. The third kappa shape index (κ3) is 3.96. The van der Waals surface area contributed by atoms with Crippen LogP contribution >= 0.6 is 0 Å². The lowest BCUT2D eigenvalue weighted by atomic mass is 10.1. The first kappa shape index (κ1) is 18.8. The zero-order valence-corrected chi connectivity index (χ0v) is 16.9. The van der Waals surface area contributed by atoms with Crippen molar-refractivity contribution in [3.05, 3.63) is 41.8 Å². The van der Waals surface area contributed by atoms with Gasteiger partial charge in [0.15, 0.2) is 0 Å². The summed E-state index contributed by atoms with van der Waals surface area (Å²) < 4.78 is 5.98. The molecule has 0 bridgehead atoms. The van der Waals surface area contributed by atoms with Crippen LogP contribution in [0.1, 0.15) is 43.6 Å². The van der Waals surface area contributed by atoms with Gasteiger partial charge in [0.05, 0.1) is 6.54 Å². The SMILES string of the molecule is NC[C@H]1CC[C@@H](CC(=O)N2CCc3oc(-c4ccccc4)nc3C2)N1CC1CC1. The van der Waals surface area contributed by atoms with Gasteiger partial charge >= 0.3 is 0 Å². The Morgan fingerprint density at radius 2 is 1.93 bits per heavy atom. The zero-order chi connectivity index (χ0) is 19.8. The van der Waals surface area contributed by atoms with E-state index in [2.05, 4.69) is 9.88 Å². The Bertz CT molecular complexity index is 861. The number of oxazole rings is 1. The van der Waals surface area contributed by atoms with E-state index in [1.54, 1.807) is 0 Å². The van der Waals surface area contributed by atoms with Gasteiger partial charge in [-0.25, -0.2) is 4.98 Å². The fraction of sp³-hybridized carbons (Fsp3) is 0.565. The normalized spacial score (nSPS) is 24.7. The molecule has 3 heterocycles. The van der Waals surface area contributed by atoms with E-state index < -0.39 is 0 Å². The molecule has 1 amide bonds. The van der Waals surface area contributed by atoms with Crippen LogP contribution in [0.2, 0.25) is 0 Å². The molecular formula is C23H30N4O2. The van der Waals surface area contributed by atoms with Crippen LogP contribution in [0.25, 0.3) is 11.5 Å². The van der Waals surface area contributed by atoms with E-state index in [0.717, 1.165) is 48.7 Å². The average molecular weight is 395 g/mol. The summed E-state index contributed by atoms with van der Waals surface area (Å²) in [6.45, 7) is 3.09. The number of fused-ring (bicyclic) bond motifs is 1. The highest BCUT2D eigenvalue weighted by Gasteiger charge is 2.38. The maximum absolute atomic E-state index is 13.1. The van der Waals surface area contributed by atoms with Crippen LogP contribution in [0.3, 0.4) is 0 Å². The highest BCUT2D eigenvalue weighted by atomic mass is 16.4. The lowest BCUT2D eigenvalue weighted by Gasteiger charge is -2.32. The van der Waals surface area contributed by atoms with Crippen LogP contribution in [0.5, 0.6) is 0 Å². The molecule has 2 N–H and O–H groups in total. The maximum atomic E-state index is 13.1. The van der Waals surface area contributed by atoms with Crippen LogP contribution in [0, 0.1) is 5.92 Å². The van der Waals surface area contributed by atoms with Crippen molar-refractivity contribution in [1.82, 2.24) is 14.8 Å². The van der Waals surface area contributed by atoms with E-state index in [1.807, 2.05) is 35.2 Å². The van der Waals surface area contributed by atoms with Crippen LogP contribution in [0.15, 0.2) is 34.7 Å². The van der Waals surface area contributed by atoms with Gasteiger partial charge in [-0.05, 0) is 43.7 Å². The summed E-state index contributed by atoms with van der Waals surface area (Å²) in [6, 6.07) is 10.7. The van der Waals surface area contributed by atoms with Gasteiger partial charge in [-0.3, -0.25) is 9.69 Å². The first-order valence-corrected chi connectivity index (χ1v) is 11.0. The molecule has 2 fully saturated rings. The Morgan fingerprint density at radius 1 is 1.14 bits per heavy atom. The Kier molecular flexibility index (Phi) is 5.14. The zero-order valence-electron chi connectivity index (χ0n) is 16.9. The smallest absolute Gasteiger partial charge is 0.226 e. The van der Waals surface area contributed by atoms with Crippen molar-refractivity contribution in [2.45, 2.75) is 57.2 Å². The second-order valence-electron chi connectivity index (χ2n) is 8.79. The first-order valence-electron chi connectivity index (χ1n) is 11.0. The molecule has 0 unspecified atom stereocenters. The molecule has 1 aromatic heterocycles. The van der Waals surface area contributed by atoms with Crippen LogP contribution in [-0.4, -0.2) is 52.4 Å². The first-order chi connectivity index (χ1) is 14.2. The van der Waals surface area contributed by atoms with Crippen LogP contribution in [0.4, 0.5) is 0 Å². The van der Waals surface area contributed by atoms with Crippen molar-refractivity contribution in [2.75, 3.05) is 19.6 Å². The number of likely N-dealkylation sites (tertiary alicyclic amines) is 1. The van der Waals surface area contributed by atoms with Crippen molar-refractivity contribution >= 4 is 5.91 Å². The summed E-state index contributed by atoms with van der Waals surface area (Å²) in [5.74, 6) is 2.64. The molecule has 5 rings (SSSR count). The van der Waals surface area contributed by atoms with Gasteiger partial charge in [0.25, 0.3) is 0 Å². The Morgan fingerprint density at radius 3 is 2.69 bits per heavy atom. The predicted molar refractivity (Wildman–Crippen MR) is 111 cm³/mol. The number of carbonyl (C=O) groups excluding carboxylic acids is 1. The van der Waals surface area contributed by atoms with Gasteiger partial charge in [0, 0.05) is 50.1 Å². The molecule has 2 aliphatic heterocycles. The summed E-state index contributed by atoms with van der Waals surface area (Å²) in [7, 11) is 0. The van der Waals surface area contributed by atoms with E-state index in [0.29, 0.717) is 44.0 Å². The van der Waals surface area contributed by atoms with Crippen LogP contribution < -0.4 is 5.73 Å². The molecule has 0 spiro atoms. The van der Waals surface area contributed by atoms with Crippen molar-refractivity contribution in [2.24, 2.45) is 11.7 Å². The predicted octanol–water partition coefficient (Wildman–Crippen LogP) is 2.82. The fourth-order valence-corrected chi connectivity index (χ4v) is 4.83. The third-order valence-electron chi connectivity index (χ3n) is 6.72. The van der Waals surface area contributed by atoms with Gasteiger partial charge in [-0.2, -0.15) is 0 Å². The number of benzene rings is 1. The van der Waals surface area contributed by atoms with Gasteiger partial charge < -0.3 is 15.1 Å². The number of aromatic nitrogens is 1. The highest BCUT2D eigenvalue weighted by molar-refractivity contribution is 5.77. The molecule has 154 valence electrons.